The Kier molecular flexibility index (Phi) is 4.23. The minimum absolute atomic E-state index is 0.00771. The summed E-state index contributed by atoms with van der Waals surface area (Å²) in [6.07, 6.45) is 0.555. The Balaban J connectivity index is 1.97. The van der Waals surface area contributed by atoms with Crippen LogP contribution in [-0.4, -0.2) is 38.5 Å². The number of nitrogens with zero attached hydrogens (tertiary/aromatic N) is 4. The van der Waals surface area contributed by atoms with Crippen molar-refractivity contribution < 1.29 is 18.0 Å². The molecule has 2 heterocycles. The molecule has 130 valence electrons. The van der Waals surface area contributed by atoms with Gasteiger partial charge in [-0.05, 0) is 25.8 Å². The number of aromatic nitrogens is 3. The van der Waals surface area contributed by atoms with E-state index >= 15 is 0 Å². The largest absolute Gasteiger partial charge is 0.433 e. The number of aryl methyl sites for hydroxylation is 1. The van der Waals surface area contributed by atoms with E-state index in [1.165, 1.54) is 13.0 Å². The third-order valence-electron chi connectivity index (χ3n) is 4.51. The van der Waals surface area contributed by atoms with Crippen LogP contribution in [0.15, 0.2) is 12.1 Å². The van der Waals surface area contributed by atoms with Gasteiger partial charge in [-0.2, -0.15) is 18.3 Å². The van der Waals surface area contributed by atoms with Crippen molar-refractivity contribution in [3.63, 3.8) is 0 Å². The normalized spacial score (nSPS) is 16.5. The van der Waals surface area contributed by atoms with Crippen LogP contribution in [0.1, 0.15) is 54.0 Å². The van der Waals surface area contributed by atoms with Crippen LogP contribution in [0, 0.1) is 6.92 Å². The third-order valence-corrected chi connectivity index (χ3v) is 4.51. The molecule has 0 bridgehead atoms. The van der Waals surface area contributed by atoms with Gasteiger partial charge in [-0.1, -0.05) is 19.3 Å². The number of rotatable bonds is 2. The summed E-state index contributed by atoms with van der Waals surface area (Å²) in [5.41, 5.74) is -0.673. The van der Waals surface area contributed by atoms with Crippen molar-refractivity contribution in [2.45, 2.75) is 51.2 Å². The highest BCUT2D eigenvalue weighted by molar-refractivity contribution is 5.93. The number of amides is 1. The topological polar surface area (TPSA) is 50.5 Å². The lowest BCUT2D eigenvalue weighted by molar-refractivity contribution is -0.142. The van der Waals surface area contributed by atoms with Gasteiger partial charge in [0.2, 0.25) is 0 Å². The van der Waals surface area contributed by atoms with Crippen molar-refractivity contribution >= 4 is 11.6 Å². The van der Waals surface area contributed by atoms with E-state index in [4.69, 9.17) is 0 Å². The molecule has 24 heavy (non-hydrogen) atoms. The van der Waals surface area contributed by atoms with Gasteiger partial charge in [0.25, 0.3) is 5.91 Å². The van der Waals surface area contributed by atoms with Crippen molar-refractivity contribution in [2.24, 2.45) is 0 Å². The van der Waals surface area contributed by atoms with E-state index in [1.807, 2.05) is 0 Å². The molecule has 2 aromatic rings. The first kappa shape index (κ1) is 16.7. The summed E-state index contributed by atoms with van der Waals surface area (Å²) in [4.78, 5) is 18.3. The molecule has 1 aliphatic carbocycles. The molecule has 1 aliphatic rings. The maximum absolute atomic E-state index is 13.2. The fourth-order valence-electron chi connectivity index (χ4n) is 3.22. The van der Waals surface area contributed by atoms with Crippen molar-refractivity contribution in [2.75, 3.05) is 7.05 Å². The Morgan fingerprint density at radius 1 is 1.25 bits per heavy atom. The van der Waals surface area contributed by atoms with E-state index in [1.54, 1.807) is 11.9 Å². The minimum atomic E-state index is -4.56. The Morgan fingerprint density at radius 2 is 1.92 bits per heavy atom. The zero-order valence-corrected chi connectivity index (χ0v) is 13.6. The second-order valence-electron chi connectivity index (χ2n) is 6.29. The highest BCUT2D eigenvalue weighted by atomic mass is 19.4. The predicted molar refractivity (Wildman–Crippen MR) is 81.7 cm³/mol. The third kappa shape index (κ3) is 3.09. The predicted octanol–water partition coefficient (Wildman–Crippen LogP) is 3.46. The lowest BCUT2D eigenvalue weighted by Gasteiger charge is -2.30. The summed E-state index contributed by atoms with van der Waals surface area (Å²) in [6, 6.07) is 2.37. The number of hydrogen-bond donors (Lipinski definition) is 0. The van der Waals surface area contributed by atoms with E-state index in [-0.39, 0.29) is 29.0 Å². The number of alkyl halides is 3. The number of carbonyl (C=O) groups is 1. The summed E-state index contributed by atoms with van der Waals surface area (Å²) < 4.78 is 40.2. The maximum Gasteiger partial charge on any atom is 0.433 e. The van der Waals surface area contributed by atoms with Crippen molar-refractivity contribution in [3.05, 3.63) is 29.2 Å². The second-order valence-corrected chi connectivity index (χ2v) is 6.29. The van der Waals surface area contributed by atoms with Gasteiger partial charge in [0.15, 0.2) is 11.3 Å². The first-order valence-corrected chi connectivity index (χ1v) is 7.99. The average Bonchev–Trinajstić information content (AvgIpc) is 2.96. The number of halogens is 3. The highest BCUT2D eigenvalue weighted by Crippen LogP contribution is 2.30. The van der Waals surface area contributed by atoms with Crippen LogP contribution in [0.5, 0.6) is 0 Å². The molecule has 8 heteroatoms. The van der Waals surface area contributed by atoms with E-state index < -0.39 is 11.9 Å². The molecule has 1 fully saturated rings. The Labute approximate surface area is 137 Å². The fraction of sp³-hybridized carbons (Fsp3) is 0.562. The van der Waals surface area contributed by atoms with Crippen LogP contribution in [0.3, 0.4) is 0 Å². The quantitative estimate of drug-likeness (QED) is 0.841. The molecule has 0 radical (unpaired) electrons. The van der Waals surface area contributed by atoms with Crippen LogP contribution < -0.4 is 0 Å². The first-order valence-electron chi connectivity index (χ1n) is 7.99. The summed E-state index contributed by atoms with van der Waals surface area (Å²) >= 11 is 0. The lowest BCUT2D eigenvalue weighted by atomic mass is 9.94. The smallest absolute Gasteiger partial charge is 0.337 e. The van der Waals surface area contributed by atoms with Crippen LogP contribution in [0.2, 0.25) is 0 Å². The molecular weight excluding hydrogens is 321 g/mol. The molecule has 5 nitrogen and oxygen atoms in total. The Bertz CT molecular complexity index is 763. The van der Waals surface area contributed by atoms with Crippen LogP contribution >= 0.6 is 0 Å². The molecule has 3 rings (SSSR count). The fourth-order valence-corrected chi connectivity index (χ4v) is 3.22. The molecule has 0 spiro atoms. The standard InChI is InChI=1S/C16H19F3N4O/c1-10-8-13(16(17,18)19)23-14(20-10)9-12(21-23)15(24)22(2)11-6-4-3-5-7-11/h8-9,11H,3-7H2,1-2H3. The molecule has 0 aromatic carbocycles. The maximum atomic E-state index is 13.2. The number of carbonyl (C=O) groups excluding carboxylic acids is 1. The average molecular weight is 340 g/mol. The van der Waals surface area contributed by atoms with Crippen LogP contribution in [0.4, 0.5) is 13.2 Å². The van der Waals surface area contributed by atoms with E-state index in [2.05, 4.69) is 10.1 Å². The Morgan fingerprint density at radius 3 is 2.54 bits per heavy atom. The molecule has 2 aromatic heterocycles. The molecule has 0 unspecified atom stereocenters. The van der Waals surface area contributed by atoms with Crippen molar-refractivity contribution in [1.29, 1.82) is 0 Å². The minimum Gasteiger partial charge on any atom is -0.337 e. The molecular formula is C16H19F3N4O. The highest BCUT2D eigenvalue weighted by Gasteiger charge is 2.35. The van der Waals surface area contributed by atoms with Gasteiger partial charge in [0.1, 0.15) is 5.69 Å². The molecule has 1 saturated carbocycles. The van der Waals surface area contributed by atoms with Gasteiger partial charge in [0, 0.05) is 24.8 Å². The first-order chi connectivity index (χ1) is 11.3. The molecule has 0 aliphatic heterocycles. The van der Waals surface area contributed by atoms with Gasteiger partial charge in [-0.3, -0.25) is 4.79 Å². The second kappa shape index (κ2) is 6.07. The molecule has 0 N–H and O–H groups in total. The van der Waals surface area contributed by atoms with Gasteiger partial charge in [-0.15, -0.1) is 0 Å². The van der Waals surface area contributed by atoms with Crippen LogP contribution in [0.25, 0.3) is 5.65 Å². The van der Waals surface area contributed by atoms with Gasteiger partial charge in [0.05, 0.1) is 0 Å². The SMILES string of the molecule is Cc1cc(C(F)(F)F)n2nc(C(=O)N(C)C3CCCCC3)cc2n1. The zero-order valence-electron chi connectivity index (χ0n) is 13.6. The van der Waals surface area contributed by atoms with E-state index in [0.29, 0.717) is 4.52 Å². The summed E-state index contributed by atoms with van der Waals surface area (Å²) in [5.74, 6) is -0.363. The van der Waals surface area contributed by atoms with E-state index in [9.17, 15) is 18.0 Å². The van der Waals surface area contributed by atoms with Crippen molar-refractivity contribution in [3.8, 4) is 0 Å². The van der Waals surface area contributed by atoms with E-state index in [0.717, 1.165) is 38.2 Å². The summed E-state index contributed by atoms with van der Waals surface area (Å²) in [5, 5.41) is 3.88. The van der Waals surface area contributed by atoms with Crippen molar-refractivity contribution in [1.82, 2.24) is 19.5 Å². The number of hydrogen-bond acceptors (Lipinski definition) is 3. The van der Waals surface area contributed by atoms with Gasteiger partial charge < -0.3 is 4.90 Å². The van der Waals surface area contributed by atoms with Crippen LogP contribution in [-0.2, 0) is 6.18 Å². The van der Waals surface area contributed by atoms with Gasteiger partial charge in [-0.25, -0.2) is 9.50 Å². The molecule has 0 atom stereocenters. The lowest BCUT2D eigenvalue weighted by Crippen LogP contribution is -2.38. The molecule has 0 saturated heterocycles. The zero-order chi connectivity index (χ0) is 17.5. The van der Waals surface area contributed by atoms with Gasteiger partial charge >= 0.3 is 6.18 Å². The summed E-state index contributed by atoms with van der Waals surface area (Å²) in [7, 11) is 1.69. The summed E-state index contributed by atoms with van der Waals surface area (Å²) in [6.45, 7) is 1.48. The monoisotopic (exact) mass is 340 g/mol. The molecule has 1 amide bonds. The Hall–Kier alpha value is -2.12. The number of fused-ring (bicyclic) bond motifs is 1.